The molecular formula is C57H66N4O19S. The number of aliphatic hydroxyl groups is 1. The number of nitrogens with one attached hydrogen (secondary N) is 2. The monoisotopic (exact) mass is 1140 g/mol. The van der Waals surface area contributed by atoms with Gasteiger partial charge in [-0.15, -0.1) is 0 Å². The van der Waals surface area contributed by atoms with Crippen LogP contribution >= 0.6 is 11.8 Å². The molecule has 0 spiro atoms. The van der Waals surface area contributed by atoms with Gasteiger partial charge in [-0.3, -0.25) is 38.4 Å². The van der Waals surface area contributed by atoms with E-state index in [1.807, 2.05) is 0 Å². The summed E-state index contributed by atoms with van der Waals surface area (Å²) in [6.45, 7) is 10.6. The Morgan fingerprint density at radius 1 is 0.827 bits per heavy atom. The number of nitrogens with zero attached hydrogens (tertiary/aromatic N) is 2. The SMILES string of the molecule is CCC(=O)O[C@H]1C[C@H]2OC[C@@]2(OC(C)=O)[C@H]2[C@H](OC(=O)c3ccccc3)[C@]3(O)C[C@H](OC(=O)[C@H](OC(=O)CC)[C@@H](NC(=O)[C@@H](CCC(=O)O)NC(=O)CSc4ncccn4)c4ccccc4)C(C)=C([C@@H](OC(C)=O)C(=O)[C@]12C)C3(C)C. The minimum absolute atomic E-state index is 0.00902. The fraction of sp³-hybridized carbons (Fsp3) is 0.509. The van der Waals surface area contributed by atoms with E-state index in [1.165, 1.54) is 78.2 Å². The number of hydrogen-bond acceptors (Lipinski definition) is 21. The molecule has 1 aromatic heterocycles. The molecule has 3 aromatic rings. The lowest BCUT2D eigenvalue weighted by Gasteiger charge is -2.67. The molecule has 2 bridgehead atoms. The maximum atomic E-state index is 16.2. The fourth-order valence-corrected chi connectivity index (χ4v) is 12.2. The number of carboxylic acids is 1. The van der Waals surface area contributed by atoms with Crippen molar-refractivity contribution in [1.82, 2.24) is 20.6 Å². The number of thioether (sulfide) groups is 1. The molecule has 0 radical (unpaired) electrons. The van der Waals surface area contributed by atoms with E-state index in [4.69, 9.17) is 33.2 Å². The minimum Gasteiger partial charge on any atom is -0.481 e. The maximum absolute atomic E-state index is 16.2. The standard InChI is InChI=1S/C57H66N4O19S/c1-9-41(67)77-37-26-38-56(29-74-38,80-32(5)63)47-49(79-51(71)34-20-15-12-16-21-34)57(73)27-36(30(3)43(54(57,6)7)45(75-31(4)62)48(69)55(37,47)8)76-52(72)46(78-42(68)10-2)44(33-18-13-11-14-19-33)61-50(70)35(22-23-40(65)66)60-39(64)28-81-53-58-24-17-25-59-53/h11-21,24-25,35-38,44-47,49,73H,9-10,22-23,26-29H2,1-8H3,(H,60,64)(H,61,70)(H,65,66)/t35-,36+,37+,38-,44+,45-,46-,47+,49+,55-,56+,57-/m1/s1. The third kappa shape index (κ3) is 12.5. The van der Waals surface area contributed by atoms with E-state index in [0.29, 0.717) is 0 Å². The van der Waals surface area contributed by atoms with Gasteiger partial charge in [0, 0.05) is 63.8 Å². The van der Waals surface area contributed by atoms with Crippen LogP contribution in [0.3, 0.4) is 0 Å². The van der Waals surface area contributed by atoms with E-state index in [9.17, 15) is 48.6 Å². The highest BCUT2D eigenvalue weighted by molar-refractivity contribution is 7.99. The summed E-state index contributed by atoms with van der Waals surface area (Å²) in [5.41, 5.74) is -8.39. The third-order valence-electron chi connectivity index (χ3n) is 15.7. The smallest absolute Gasteiger partial charge is 0.350 e. The van der Waals surface area contributed by atoms with Gasteiger partial charge in [-0.1, -0.05) is 88.0 Å². The zero-order chi connectivity index (χ0) is 59.2. The topological polar surface area (TPSA) is 326 Å². The summed E-state index contributed by atoms with van der Waals surface area (Å²) >= 11 is 0.945. The zero-order valence-corrected chi connectivity index (χ0v) is 46.8. The molecule has 1 saturated heterocycles. The van der Waals surface area contributed by atoms with Crippen molar-refractivity contribution in [2.75, 3.05) is 12.4 Å². The van der Waals surface area contributed by atoms with Crippen LogP contribution in [0, 0.1) is 16.7 Å². The van der Waals surface area contributed by atoms with Crippen molar-refractivity contribution in [3.05, 3.63) is 101 Å². The highest BCUT2D eigenvalue weighted by Crippen LogP contribution is 2.65. The van der Waals surface area contributed by atoms with E-state index in [1.54, 1.807) is 42.5 Å². The van der Waals surface area contributed by atoms with Crippen molar-refractivity contribution in [2.24, 2.45) is 16.7 Å². The van der Waals surface area contributed by atoms with Crippen LogP contribution in [-0.2, 0) is 76.3 Å². The molecule has 2 heterocycles. The molecule has 24 heteroatoms. The van der Waals surface area contributed by atoms with Gasteiger partial charge in [-0.2, -0.15) is 0 Å². The van der Waals surface area contributed by atoms with Gasteiger partial charge in [-0.25, -0.2) is 19.6 Å². The minimum atomic E-state index is -2.57. The quantitative estimate of drug-likeness (QED) is 0.0380. The number of ketones is 1. The summed E-state index contributed by atoms with van der Waals surface area (Å²) in [7, 11) is 0. The predicted octanol–water partition coefficient (Wildman–Crippen LogP) is 4.28. The Labute approximate surface area is 470 Å². The van der Waals surface area contributed by atoms with Gasteiger partial charge in [0.05, 0.1) is 29.3 Å². The number of carboxylic acid groups (broad SMARTS) is 1. The first kappa shape index (κ1) is 61.1. The summed E-state index contributed by atoms with van der Waals surface area (Å²) in [6.07, 6.45) is -9.81. The highest BCUT2D eigenvalue weighted by Gasteiger charge is 2.79. The third-order valence-corrected chi connectivity index (χ3v) is 16.6. The van der Waals surface area contributed by atoms with E-state index in [-0.39, 0.29) is 52.4 Å². The molecule has 4 N–H and O–H groups in total. The van der Waals surface area contributed by atoms with Crippen molar-refractivity contribution in [1.29, 1.82) is 0 Å². The Morgan fingerprint density at radius 2 is 1.47 bits per heavy atom. The lowest BCUT2D eigenvalue weighted by molar-refractivity contribution is -0.346. The predicted molar refractivity (Wildman–Crippen MR) is 282 cm³/mol. The van der Waals surface area contributed by atoms with Crippen molar-refractivity contribution in [3.8, 4) is 0 Å². The van der Waals surface area contributed by atoms with Gasteiger partial charge >= 0.3 is 41.8 Å². The van der Waals surface area contributed by atoms with E-state index >= 15 is 9.59 Å². The Hall–Kier alpha value is -7.57. The Morgan fingerprint density at radius 3 is 2.05 bits per heavy atom. The van der Waals surface area contributed by atoms with E-state index < -0.39 is 162 Å². The molecule has 434 valence electrons. The van der Waals surface area contributed by atoms with Gasteiger partial charge in [0.25, 0.3) is 0 Å². The summed E-state index contributed by atoms with van der Waals surface area (Å²) in [5.74, 6) is -11.8. The van der Waals surface area contributed by atoms with Crippen LogP contribution < -0.4 is 10.6 Å². The zero-order valence-electron chi connectivity index (χ0n) is 46.0. The Bertz CT molecular complexity index is 2940. The maximum Gasteiger partial charge on any atom is 0.350 e. The molecular weight excluding hydrogens is 1080 g/mol. The molecule has 2 saturated carbocycles. The number of hydrogen-bond donors (Lipinski definition) is 4. The number of amides is 2. The first-order chi connectivity index (χ1) is 38.3. The Balaban J connectivity index is 1.38. The van der Waals surface area contributed by atoms with Crippen LogP contribution in [0.1, 0.15) is 116 Å². The average Bonchev–Trinajstić information content (AvgIpc) is 0.842. The number of fused-ring (bicyclic) bond motifs is 5. The lowest BCUT2D eigenvalue weighted by atomic mass is 9.44. The van der Waals surface area contributed by atoms with E-state index in [2.05, 4.69) is 20.6 Å². The normalized spacial score (nSPS) is 27.2. The number of Topliss-reactive ketones (excluding diaryl/α,β-unsaturated/α-hetero) is 1. The first-order valence-corrected chi connectivity index (χ1v) is 27.4. The average molecular weight is 1140 g/mol. The lowest BCUT2D eigenvalue weighted by Crippen LogP contribution is -2.82. The number of rotatable bonds is 21. The van der Waals surface area contributed by atoms with E-state index in [0.717, 1.165) is 25.6 Å². The largest absolute Gasteiger partial charge is 0.481 e. The molecule has 23 nitrogen and oxygen atoms in total. The second kappa shape index (κ2) is 25.1. The number of carbonyl (C=O) groups is 10. The van der Waals surface area contributed by atoms with Gasteiger partial charge < -0.3 is 54.0 Å². The van der Waals surface area contributed by atoms with Gasteiger partial charge in [0.2, 0.25) is 17.9 Å². The summed E-state index contributed by atoms with van der Waals surface area (Å²) in [5, 5.41) is 29.3. The number of ether oxygens (including phenoxy) is 7. The van der Waals surface area contributed by atoms with Crippen molar-refractivity contribution in [3.63, 3.8) is 0 Å². The number of esters is 6. The van der Waals surface area contributed by atoms with Crippen molar-refractivity contribution in [2.45, 2.75) is 159 Å². The number of aromatic nitrogens is 2. The van der Waals surface area contributed by atoms with Crippen LogP contribution in [0.2, 0.25) is 0 Å². The van der Waals surface area contributed by atoms with Gasteiger partial charge in [-0.05, 0) is 55.2 Å². The molecule has 7 rings (SSSR count). The van der Waals surface area contributed by atoms with Crippen LogP contribution in [0.25, 0.3) is 0 Å². The van der Waals surface area contributed by atoms with Crippen molar-refractivity contribution >= 4 is 71.1 Å². The second-order valence-electron chi connectivity index (χ2n) is 21.0. The summed E-state index contributed by atoms with van der Waals surface area (Å²) in [6, 6.07) is 13.8. The molecule has 3 aliphatic carbocycles. The van der Waals surface area contributed by atoms with Crippen LogP contribution in [0.15, 0.2) is 95.4 Å². The van der Waals surface area contributed by atoms with Gasteiger partial charge in [0.1, 0.15) is 42.1 Å². The molecule has 4 aliphatic rings. The van der Waals surface area contributed by atoms with Gasteiger partial charge in [0.15, 0.2) is 22.6 Å². The number of carbonyl (C=O) groups excluding carboxylic acids is 9. The molecule has 2 aromatic carbocycles. The number of benzene rings is 2. The number of aliphatic carboxylic acids is 1. The van der Waals surface area contributed by atoms with Crippen molar-refractivity contribution < 1.29 is 91.3 Å². The second-order valence-corrected chi connectivity index (χ2v) is 22.0. The fourth-order valence-electron chi connectivity index (χ4n) is 11.6. The molecule has 12 atom stereocenters. The molecule has 81 heavy (non-hydrogen) atoms. The van der Waals surface area contributed by atoms with Crippen LogP contribution in [-0.4, -0.2) is 146 Å². The molecule has 0 unspecified atom stereocenters. The summed E-state index contributed by atoms with van der Waals surface area (Å²) in [4.78, 5) is 148. The molecule has 3 fully saturated rings. The van der Waals surface area contributed by atoms with Crippen LogP contribution in [0.4, 0.5) is 0 Å². The Kier molecular flexibility index (Phi) is 18.9. The first-order valence-electron chi connectivity index (χ1n) is 26.4. The summed E-state index contributed by atoms with van der Waals surface area (Å²) < 4.78 is 43.1. The molecule has 1 aliphatic heterocycles. The molecule has 2 amide bonds. The van der Waals surface area contributed by atoms with Crippen LogP contribution in [0.5, 0.6) is 0 Å². The highest BCUT2D eigenvalue weighted by atomic mass is 32.2.